The lowest BCUT2D eigenvalue weighted by molar-refractivity contribution is -0.151. The Bertz CT molecular complexity index is 498. The second kappa shape index (κ2) is 5.43. The molecule has 1 aromatic carbocycles. The summed E-state index contributed by atoms with van der Waals surface area (Å²) < 4.78 is 4.68. The summed E-state index contributed by atoms with van der Waals surface area (Å²) >= 11 is 0. The molecule has 4 nitrogen and oxygen atoms in total. The minimum atomic E-state index is -0.551. The summed E-state index contributed by atoms with van der Waals surface area (Å²) in [5, 5.41) is 0. The molecule has 0 spiro atoms. The summed E-state index contributed by atoms with van der Waals surface area (Å²) in [5.41, 5.74) is 2.33. The summed E-state index contributed by atoms with van der Waals surface area (Å²) in [5.74, 6) is -0.529. The van der Waals surface area contributed by atoms with Crippen LogP contribution in [0, 0.1) is 0 Å². The molecule has 4 heteroatoms. The normalized spacial score (nSPS) is 18.6. The summed E-state index contributed by atoms with van der Waals surface area (Å²) in [6.07, 6.45) is 1.74. The fourth-order valence-electron chi connectivity index (χ4n) is 2.58. The third-order valence-electron chi connectivity index (χ3n) is 3.90. The Hall–Kier alpha value is -1.84. The molecule has 1 amide bonds. The summed E-state index contributed by atoms with van der Waals surface area (Å²) in [6, 6.07) is 7.46. The minimum Gasteiger partial charge on any atom is -0.467 e. The molecule has 1 aliphatic rings. The van der Waals surface area contributed by atoms with Gasteiger partial charge in [0.25, 0.3) is 0 Å². The van der Waals surface area contributed by atoms with Gasteiger partial charge in [-0.05, 0) is 30.9 Å². The van der Waals surface area contributed by atoms with Crippen molar-refractivity contribution < 1.29 is 14.3 Å². The number of rotatable bonds is 3. The number of likely N-dealkylation sites (N-methyl/N-ethyl adjacent to an activating group) is 1. The van der Waals surface area contributed by atoms with Gasteiger partial charge in [0.2, 0.25) is 5.91 Å². The largest absolute Gasteiger partial charge is 0.467 e. The second-order valence-corrected chi connectivity index (χ2v) is 4.94. The van der Waals surface area contributed by atoms with E-state index in [4.69, 9.17) is 0 Å². The van der Waals surface area contributed by atoms with Crippen LogP contribution in [-0.2, 0) is 20.7 Å². The van der Waals surface area contributed by atoms with Crippen molar-refractivity contribution in [1.82, 2.24) is 4.90 Å². The lowest BCUT2D eigenvalue weighted by atomic mass is 9.99. The van der Waals surface area contributed by atoms with E-state index in [0.29, 0.717) is 0 Å². The maximum Gasteiger partial charge on any atom is 0.328 e. The zero-order valence-corrected chi connectivity index (χ0v) is 11.6. The van der Waals surface area contributed by atoms with Crippen LogP contribution in [0.2, 0.25) is 0 Å². The van der Waals surface area contributed by atoms with Gasteiger partial charge in [0.1, 0.15) is 6.04 Å². The average molecular weight is 261 g/mol. The Morgan fingerprint density at radius 1 is 1.37 bits per heavy atom. The highest BCUT2D eigenvalue weighted by atomic mass is 16.5. The Kier molecular flexibility index (Phi) is 3.88. The van der Waals surface area contributed by atoms with Crippen LogP contribution >= 0.6 is 0 Å². The number of methoxy groups -OCH3 is 1. The third-order valence-corrected chi connectivity index (χ3v) is 3.90. The molecule has 0 unspecified atom stereocenters. The summed E-state index contributed by atoms with van der Waals surface area (Å²) in [4.78, 5) is 25.5. The maximum atomic E-state index is 12.5. The van der Waals surface area contributed by atoms with Crippen LogP contribution in [0.3, 0.4) is 0 Å². The fourth-order valence-corrected chi connectivity index (χ4v) is 2.58. The number of fused-ring (bicyclic) bond motifs is 1. The number of hydrogen-bond acceptors (Lipinski definition) is 3. The molecule has 0 bridgehead atoms. The molecular formula is C15H19NO3. The van der Waals surface area contributed by atoms with Crippen molar-refractivity contribution in [3.63, 3.8) is 0 Å². The topological polar surface area (TPSA) is 46.6 Å². The van der Waals surface area contributed by atoms with Crippen LogP contribution in [-0.4, -0.2) is 37.0 Å². The Balaban J connectivity index is 2.16. The van der Waals surface area contributed by atoms with Crippen molar-refractivity contribution in [2.24, 2.45) is 0 Å². The molecule has 1 aliphatic carbocycles. The van der Waals surface area contributed by atoms with Crippen LogP contribution < -0.4 is 0 Å². The van der Waals surface area contributed by atoms with Crippen molar-refractivity contribution in [3.8, 4) is 0 Å². The smallest absolute Gasteiger partial charge is 0.328 e. The number of carbonyl (C=O) groups is 2. The quantitative estimate of drug-likeness (QED) is 0.779. The van der Waals surface area contributed by atoms with Crippen molar-refractivity contribution in [2.75, 3.05) is 14.2 Å². The maximum absolute atomic E-state index is 12.5. The first-order valence-corrected chi connectivity index (χ1v) is 6.48. The fraction of sp³-hybridized carbons (Fsp3) is 0.467. The van der Waals surface area contributed by atoms with Crippen molar-refractivity contribution in [2.45, 2.75) is 31.7 Å². The van der Waals surface area contributed by atoms with Gasteiger partial charge in [-0.2, -0.15) is 0 Å². The molecule has 102 valence electrons. The molecule has 0 N–H and O–H groups in total. The first-order valence-electron chi connectivity index (χ1n) is 6.48. The molecule has 2 rings (SSSR count). The molecule has 19 heavy (non-hydrogen) atoms. The van der Waals surface area contributed by atoms with Crippen LogP contribution in [0.25, 0.3) is 0 Å². The van der Waals surface area contributed by atoms with Crippen molar-refractivity contribution in [3.05, 3.63) is 35.4 Å². The molecule has 0 aliphatic heterocycles. The summed E-state index contributed by atoms with van der Waals surface area (Å²) in [7, 11) is 2.99. The van der Waals surface area contributed by atoms with E-state index in [1.54, 1.807) is 14.0 Å². The van der Waals surface area contributed by atoms with E-state index in [0.717, 1.165) is 18.4 Å². The monoisotopic (exact) mass is 261 g/mol. The number of aryl methyl sites for hydroxylation is 1. The number of carbonyl (C=O) groups excluding carboxylic acids is 2. The van der Waals surface area contributed by atoms with Crippen molar-refractivity contribution in [1.29, 1.82) is 0 Å². The minimum absolute atomic E-state index is 0.0112. The molecular weight excluding hydrogens is 242 g/mol. The number of hydrogen-bond donors (Lipinski definition) is 0. The van der Waals surface area contributed by atoms with Crippen LogP contribution in [0.5, 0.6) is 0 Å². The number of amides is 1. The van der Waals surface area contributed by atoms with Gasteiger partial charge in [-0.1, -0.05) is 24.3 Å². The Labute approximate surface area is 113 Å². The standard InChI is InChI=1S/C15H19NO3/c1-10(15(18)19-3)16(2)14(17)13-9-8-11-6-4-5-7-12(11)13/h4-7,10,13H,8-9H2,1-3H3/t10-,13+/m1/s1. The Morgan fingerprint density at radius 2 is 2.05 bits per heavy atom. The molecule has 0 radical (unpaired) electrons. The number of nitrogens with zero attached hydrogens (tertiary/aromatic N) is 1. The van der Waals surface area contributed by atoms with Gasteiger partial charge in [0.05, 0.1) is 13.0 Å². The predicted octanol–water partition coefficient (Wildman–Crippen LogP) is 1.74. The second-order valence-electron chi connectivity index (χ2n) is 4.94. The molecule has 1 aromatic rings. The highest BCUT2D eigenvalue weighted by Crippen LogP contribution is 2.34. The van der Waals surface area contributed by atoms with E-state index >= 15 is 0 Å². The van der Waals surface area contributed by atoms with E-state index in [-0.39, 0.29) is 17.8 Å². The SMILES string of the molecule is COC(=O)[C@@H](C)N(C)C(=O)[C@H]1CCc2ccccc21. The molecule has 0 aromatic heterocycles. The molecule has 0 saturated heterocycles. The third kappa shape index (κ3) is 2.48. The first kappa shape index (κ1) is 13.6. The van der Waals surface area contributed by atoms with Gasteiger partial charge in [0, 0.05) is 7.05 Å². The van der Waals surface area contributed by atoms with Crippen LogP contribution in [0.15, 0.2) is 24.3 Å². The lowest BCUT2D eigenvalue weighted by Gasteiger charge is -2.26. The lowest BCUT2D eigenvalue weighted by Crippen LogP contribution is -2.42. The zero-order chi connectivity index (χ0) is 14.0. The van der Waals surface area contributed by atoms with E-state index in [1.165, 1.54) is 17.6 Å². The molecule has 0 saturated carbocycles. The number of esters is 1. The Morgan fingerprint density at radius 3 is 2.74 bits per heavy atom. The van der Waals surface area contributed by atoms with E-state index in [9.17, 15) is 9.59 Å². The highest BCUT2D eigenvalue weighted by molar-refractivity contribution is 5.89. The van der Waals surface area contributed by atoms with Gasteiger partial charge in [-0.25, -0.2) is 4.79 Å². The van der Waals surface area contributed by atoms with Gasteiger partial charge in [-0.15, -0.1) is 0 Å². The highest BCUT2D eigenvalue weighted by Gasteiger charge is 2.33. The van der Waals surface area contributed by atoms with E-state index < -0.39 is 6.04 Å². The van der Waals surface area contributed by atoms with Gasteiger partial charge >= 0.3 is 5.97 Å². The predicted molar refractivity (Wildman–Crippen MR) is 71.8 cm³/mol. The summed E-state index contributed by atoms with van der Waals surface area (Å²) in [6.45, 7) is 1.69. The van der Waals surface area contributed by atoms with Crippen molar-refractivity contribution >= 4 is 11.9 Å². The van der Waals surface area contributed by atoms with Gasteiger partial charge in [-0.3, -0.25) is 4.79 Å². The molecule has 2 atom stereocenters. The van der Waals surface area contributed by atoms with Gasteiger partial charge < -0.3 is 9.64 Å². The zero-order valence-electron chi connectivity index (χ0n) is 11.6. The van der Waals surface area contributed by atoms with Crippen LogP contribution in [0.4, 0.5) is 0 Å². The van der Waals surface area contributed by atoms with Crippen LogP contribution in [0.1, 0.15) is 30.4 Å². The molecule has 0 heterocycles. The number of ether oxygens (including phenoxy) is 1. The number of benzene rings is 1. The molecule has 0 fully saturated rings. The first-order chi connectivity index (χ1) is 9.06. The van der Waals surface area contributed by atoms with E-state index in [2.05, 4.69) is 10.8 Å². The average Bonchev–Trinajstić information content (AvgIpc) is 2.87. The van der Waals surface area contributed by atoms with E-state index in [1.807, 2.05) is 18.2 Å². The van der Waals surface area contributed by atoms with Gasteiger partial charge in [0.15, 0.2) is 0 Å².